The average Bonchev–Trinajstić information content (AvgIpc) is 3.05. The van der Waals surface area contributed by atoms with Gasteiger partial charge in [-0.2, -0.15) is 0 Å². The monoisotopic (exact) mass is 360 g/mol. The van der Waals surface area contributed by atoms with Gasteiger partial charge in [-0.15, -0.1) is 0 Å². The maximum Gasteiger partial charge on any atom is 0.319 e. The third-order valence-electron chi connectivity index (χ3n) is 4.06. The first-order valence-electron chi connectivity index (χ1n) is 7.84. The van der Waals surface area contributed by atoms with E-state index < -0.39 is 4.92 Å². The largest absolute Gasteiger partial charge is 0.369 e. The topological polar surface area (TPSA) is 87.5 Å². The van der Waals surface area contributed by atoms with Crippen molar-refractivity contribution >= 4 is 34.7 Å². The molecule has 1 unspecified atom stereocenters. The van der Waals surface area contributed by atoms with Gasteiger partial charge in [0, 0.05) is 37.0 Å². The summed E-state index contributed by atoms with van der Waals surface area (Å²) in [5.74, 6) is 0. The average molecular weight is 361 g/mol. The van der Waals surface area contributed by atoms with E-state index >= 15 is 0 Å². The molecule has 8 heteroatoms. The summed E-state index contributed by atoms with van der Waals surface area (Å²) in [4.78, 5) is 24.5. The van der Waals surface area contributed by atoms with E-state index in [2.05, 4.69) is 15.5 Å². The molecule has 25 heavy (non-hydrogen) atoms. The van der Waals surface area contributed by atoms with Crippen LogP contribution in [0.1, 0.15) is 6.42 Å². The minimum Gasteiger partial charge on any atom is -0.369 e. The van der Waals surface area contributed by atoms with Crippen LogP contribution in [-0.2, 0) is 0 Å². The molecule has 1 saturated heterocycles. The number of carbonyl (C=O) groups is 1. The maximum atomic E-state index is 12.1. The number of hydrogen-bond donors (Lipinski definition) is 2. The number of nitro groups is 1. The Labute approximate surface area is 149 Å². The molecule has 2 aromatic carbocycles. The molecule has 0 aliphatic carbocycles. The number of benzene rings is 2. The highest BCUT2D eigenvalue weighted by Crippen LogP contribution is 2.26. The van der Waals surface area contributed by atoms with Gasteiger partial charge in [0.2, 0.25) is 0 Å². The molecule has 0 spiro atoms. The van der Waals surface area contributed by atoms with E-state index in [1.165, 1.54) is 18.2 Å². The number of nitrogens with one attached hydrogen (secondary N) is 2. The number of nitrogens with zero attached hydrogens (tertiary/aromatic N) is 2. The van der Waals surface area contributed by atoms with Crippen LogP contribution in [0, 0.1) is 10.1 Å². The summed E-state index contributed by atoms with van der Waals surface area (Å²) < 4.78 is 0. The zero-order valence-electron chi connectivity index (χ0n) is 13.3. The number of urea groups is 1. The molecule has 7 nitrogen and oxygen atoms in total. The third kappa shape index (κ3) is 4.19. The second-order valence-electron chi connectivity index (χ2n) is 5.79. The lowest BCUT2D eigenvalue weighted by atomic mass is 10.2. The Morgan fingerprint density at radius 2 is 2.00 bits per heavy atom. The Morgan fingerprint density at radius 3 is 2.68 bits per heavy atom. The highest BCUT2D eigenvalue weighted by molar-refractivity contribution is 6.33. The van der Waals surface area contributed by atoms with Crippen molar-refractivity contribution in [2.45, 2.75) is 12.5 Å². The van der Waals surface area contributed by atoms with Gasteiger partial charge in [-0.25, -0.2) is 4.79 Å². The lowest BCUT2D eigenvalue weighted by Crippen LogP contribution is -2.39. The smallest absolute Gasteiger partial charge is 0.319 e. The molecule has 0 aromatic heterocycles. The number of carbonyl (C=O) groups excluding carboxylic acids is 1. The van der Waals surface area contributed by atoms with Crippen LogP contribution in [0.25, 0.3) is 0 Å². The Balaban J connectivity index is 1.56. The third-order valence-corrected chi connectivity index (χ3v) is 4.37. The van der Waals surface area contributed by atoms with Crippen molar-refractivity contribution in [2.75, 3.05) is 23.3 Å². The Kier molecular flexibility index (Phi) is 5.04. The molecule has 2 N–H and O–H groups in total. The van der Waals surface area contributed by atoms with E-state index in [0.29, 0.717) is 5.69 Å². The summed E-state index contributed by atoms with van der Waals surface area (Å²) in [5.41, 5.74) is 1.35. The lowest BCUT2D eigenvalue weighted by molar-refractivity contribution is -0.384. The highest BCUT2D eigenvalue weighted by Gasteiger charge is 2.24. The van der Waals surface area contributed by atoms with Crippen molar-refractivity contribution in [3.63, 3.8) is 0 Å². The van der Waals surface area contributed by atoms with Crippen LogP contribution in [0.2, 0.25) is 5.02 Å². The van der Waals surface area contributed by atoms with Crippen molar-refractivity contribution in [1.29, 1.82) is 0 Å². The van der Waals surface area contributed by atoms with E-state index in [1.54, 1.807) is 0 Å². The molecule has 1 heterocycles. The molecule has 0 saturated carbocycles. The maximum absolute atomic E-state index is 12.1. The van der Waals surface area contributed by atoms with Crippen molar-refractivity contribution in [3.05, 3.63) is 63.7 Å². The van der Waals surface area contributed by atoms with Crippen LogP contribution in [0.4, 0.5) is 21.9 Å². The number of amides is 2. The van der Waals surface area contributed by atoms with Crippen molar-refractivity contribution in [3.8, 4) is 0 Å². The van der Waals surface area contributed by atoms with Gasteiger partial charge in [0.25, 0.3) is 5.69 Å². The number of non-ortho nitro benzene ring substituents is 1. The summed E-state index contributed by atoms with van der Waals surface area (Å²) in [6.45, 7) is 1.60. The molecule has 1 aliphatic rings. The van der Waals surface area contributed by atoms with Crippen LogP contribution >= 0.6 is 11.6 Å². The van der Waals surface area contributed by atoms with E-state index in [9.17, 15) is 14.9 Å². The Bertz CT molecular complexity index is 785. The Hall–Kier alpha value is -2.80. The van der Waals surface area contributed by atoms with Gasteiger partial charge >= 0.3 is 6.03 Å². The fourth-order valence-electron chi connectivity index (χ4n) is 2.81. The molecule has 2 aromatic rings. The highest BCUT2D eigenvalue weighted by atomic mass is 35.5. The van der Waals surface area contributed by atoms with Gasteiger partial charge in [0.05, 0.1) is 15.6 Å². The molecule has 3 rings (SSSR count). The number of para-hydroxylation sites is 1. The molecular formula is C17H17ClN4O3. The zero-order chi connectivity index (χ0) is 17.8. The molecule has 1 aliphatic heterocycles. The number of anilines is 2. The van der Waals surface area contributed by atoms with Crippen molar-refractivity contribution in [2.24, 2.45) is 0 Å². The van der Waals surface area contributed by atoms with Gasteiger partial charge < -0.3 is 15.5 Å². The summed E-state index contributed by atoms with van der Waals surface area (Å²) in [7, 11) is 0. The molecule has 0 bridgehead atoms. The van der Waals surface area contributed by atoms with E-state index in [-0.39, 0.29) is 22.8 Å². The van der Waals surface area contributed by atoms with Crippen molar-refractivity contribution in [1.82, 2.24) is 5.32 Å². The minimum atomic E-state index is -0.535. The van der Waals surface area contributed by atoms with Gasteiger partial charge in [0.1, 0.15) is 0 Å². The zero-order valence-corrected chi connectivity index (χ0v) is 14.1. The molecular weight excluding hydrogens is 344 g/mol. The Morgan fingerprint density at radius 1 is 1.24 bits per heavy atom. The first-order chi connectivity index (χ1) is 12.0. The first-order valence-corrected chi connectivity index (χ1v) is 8.22. The predicted octanol–water partition coefficient (Wildman–Crippen LogP) is 3.65. The molecule has 0 radical (unpaired) electrons. The molecule has 1 atom stereocenters. The lowest BCUT2D eigenvalue weighted by Gasteiger charge is -2.19. The summed E-state index contributed by atoms with van der Waals surface area (Å²) in [6, 6.07) is 13.6. The number of hydrogen-bond acceptors (Lipinski definition) is 4. The van der Waals surface area contributed by atoms with Crippen LogP contribution in [0.5, 0.6) is 0 Å². The van der Waals surface area contributed by atoms with Crippen LogP contribution in [-0.4, -0.2) is 30.1 Å². The number of halogens is 1. The standard InChI is InChI=1S/C17H17ClN4O3/c18-15-10-14(22(24)25)6-7-16(15)20-17(23)19-12-8-9-21(11-12)13-4-2-1-3-5-13/h1-7,10,12H,8-9,11H2,(H2,19,20,23). The fraction of sp³-hybridized carbons (Fsp3) is 0.235. The fourth-order valence-corrected chi connectivity index (χ4v) is 3.04. The van der Waals surface area contributed by atoms with Gasteiger partial charge in [-0.05, 0) is 24.6 Å². The van der Waals surface area contributed by atoms with Gasteiger partial charge in [0.15, 0.2) is 0 Å². The minimum absolute atomic E-state index is 0.0250. The van der Waals surface area contributed by atoms with Crippen LogP contribution in [0.15, 0.2) is 48.5 Å². The normalized spacial score (nSPS) is 16.5. The van der Waals surface area contributed by atoms with E-state index in [1.807, 2.05) is 30.3 Å². The SMILES string of the molecule is O=C(Nc1ccc([N+](=O)[O-])cc1Cl)NC1CCN(c2ccccc2)C1. The second-order valence-corrected chi connectivity index (χ2v) is 6.19. The molecule has 130 valence electrons. The van der Waals surface area contributed by atoms with Crippen molar-refractivity contribution < 1.29 is 9.72 Å². The molecule has 2 amide bonds. The summed E-state index contributed by atoms with van der Waals surface area (Å²) >= 11 is 5.98. The van der Waals surface area contributed by atoms with E-state index in [0.717, 1.165) is 25.2 Å². The predicted molar refractivity (Wildman–Crippen MR) is 97.3 cm³/mol. The first kappa shape index (κ1) is 17.0. The molecule has 1 fully saturated rings. The van der Waals surface area contributed by atoms with Crippen LogP contribution in [0.3, 0.4) is 0 Å². The van der Waals surface area contributed by atoms with Gasteiger partial charge in [-0.1, -0.05) is 29.8 Å². The summed E-state index contributed by atoms with van der Waals surface area (Å²) in [6.07, 6.45) is 0.844. The summed E-state index contributed by atoms with van der Waals surface area (Å²) in [5, 5.41) is 16.4. The second kappa shape index (κ2) is 7.40. The van der Waals surface area contributed by atoms with Crippen LogP contribution < -0.4 is 15.5 Å². The quantitative estimate of drug-likeness (QED) is 0.643. The number of nitro benzene ring substituents is 1. The number of rotatable bonds is 4. The van der Waals surface area contributed by atoms with Gasteiger partial charge in [-0.3, -0.25) is 10.1 Å². The van der Waals surface area contributed by atoms with E-state index in [4.69, 9.17) is 11.6 Å².